The molecule has 8 heteroatoms. The summed E-state index contributed by atoms with van der Waals surface area (Å²) in [6.45, 7) is 4.78. The van der Waals surface area contributed by atoms with Crippen LogP contribution >= 0.6 is 47.8 Å². The quantitative estimate of drug-likeness (QED) is 0.571. The lowest BCUT2D eigenvalue weighted by molar-refractivity contribution is 0.744. The Bertz CT molecular complexity index is 822. The van der Waals surface area contributed by atoms with E-state index in [0.717, 1.165) is 28.0 Å². The fourth-order valence-corrected chi connectivity index (χ4v) is 4.02. The van der Waals surface area contributed by atoms with Crippen molar-refractivity contribution in [3.63, 3.8) is 0 Å². The molecule has 0 fully saturated rings. The van der Waals surface area contributed by atoms with Crippen molar-refractivity contribution in [2.24, 2.45) is 5.73 Å². The lowest BCUT2D eigenvalue weighted by Crippen LogP contribution is -2.17. The number of thiophene rings is 1. The molecule has 2 aromatic heterocycles. The first-order valence-corrected chi connectivity index (χ1v) is 8.73. The van der Waals surface area contributed by atoms with Crippen molar-refractivity contribution in [3.8, 4) is 0 Å². The second-order valence-corrected chi connectivity index (χ2v) is 7.13. The Morgan fingerprint density at radius 1 is 1.20 bits per heavy atom. The first kappa shape index (κ1) is 21.9. The van der Waals surface area contributed by atoms with Gasteiger partial charge in [0.05, 0.1) is 10.2 Å². The van der Waals surface area contributed by atoms with Crippen molar-refractivity contribution >= 4 is 63.8 Å². The molecular formula is C17H21Cl3N4S. The zero-order valence-corrected chi connectivity index (χ0v) is 17.2. The number of halogens is 3. The number of aryl methyl sites for hydroxylation is 1. The van der Waals surface area contributed by atoms with Crippen molar-refractivity contribution in [1.29, 1.82) is 0 Å². The number of nitrogens with one attached hydrogen (secondary N) is 1. The Kier molecular flexibility index (Phi) is 8.38. The fourth-order valence-electron chi connectivity index (χ4n) is 2.49. The van der Waals surface area contributed by atoms with E-state index < -0.39 is 0 Å². The van der Waals surface area contributed by atoms with Gasteiger partial charge in [-0.25, -0.2) is 4.98 Å². The molecule has 0 bridgehead atoms. The summed E-state index contributed by atoms with van der Waals surface area (Å²) >= 11 is 7.81. The van der Waals surface area contributed by atoms with E-state index in [0.29, 0.717) is 6.54 Å². The number of fused-ring (bicyclic) bond motifs is 1. The number of aromatic nitrogens is 2. The molecule has 1 unspecified atom stereocenters. The monoisotopic (exact) mass is 418 g/mol. The number of benzene rings is 1. The topological polar surface area (TPSA) is 63.8 Å². The SMILES string of the molecule is Cc1c(CC(C)N)sc2c(NCc3ccccc3)nc(Cl)nc12.Cl.Cl. The van der Waals surface area contributed by atoms with Gasteiger partial charge in [0.1, 0.15) is 5.82 Å². The molecule has 2 heterocycles. The van der Waals surface area contributed by atoms with Gasteiger partial charge in [0.2, 0.25) is 5.28 Å². The molecule has 0 aliphatic rings. The molecule has 0 saturated carbocycles. The maximum atomic E-state index is 6.11. The molecule has 4 nitrogen and oxygen atoms in total. The number of nitrogens with two attached hydrogens (primary N) is 1. The van der Waals surface area contributed by atoms with Gasteiger partial charge >= 0.3 is 0 Å². The first-order chi connectivity index (χ1) is 11.0. The van der Waals surface area contributed by atoms with Gasteiger partial charge in [-0.3, -0.25) is 0 Å². The normalized spacial score (nSPS) is 11.5. The molecule has 0 saturated heterocycles. The summed E-state index contributed by atoms with van der Waals surface area (Å²) in [6, 6.07) is 10.3. The maximum Gasteiger partial charge on any atom is 0.224 e. The number of rotatable bonds is 5. The second-order valence-electron chi connectivity index (χ2n) is 5.69. The highest BCUT2D eigenvalue weighted by Crippen LogP contribution is 2.35. The van der Waals surface area contributed by atoms with Crippen molar-refractivity contribution in [2.45, 2.75) is 32.9 Å². The van der Waals surface area contributed by atoms with Crippen molar-refractivity contribution in [1.82, 2.24) is 9.97 Å². The van der Waals surface area contributed by atoms with Gasteiger partial charge in [-0.2, -0.15) is 4.98 Å². The van der Waals surface area contributed by atoms with Crippen LogP contribution in [0.2, 0.25) is 5.28 Å². The smallest absolute Gasteiger partial charge is 0.224 e. The van der Waals surface area contributed by atoms with Crippen LogP contribution in [0.1, 0.15) is 22.9 Å². The number of hydrogen-bond acceptors (Lipinski definition) is 5. The van der Waals surface area contributed by atoms with E-state index in [1.807, 2.05) is 25.1 Å². The predicted molar refractivity (Wildman–Crippen MR) is 113 cm³/mol. The van der Waals surface area contributed by atoms with Gasteiger partial charge < -0.3 is 11.1 Å². The molecule has 0 aliphatic heterocycles. The predicted octanol–water partition coefficient (Wildman–Crippen LogP) is 5.00. The molecule has 1 aromatic carbocycles. The van der Waals surface area contributed by atoms with E-state index in [9.17, 15) is 0 Å². The largest absolute Gasteiger partial charge is 0.365 e. The highest BCUT2D eigenvalue weighted by atomic mass is 35.5. The van der Waals surface area contributed by atoms with E-state index in [2.05, 4.69) is 34.3 Å². The number of nitrogens with zero attached hydrogens (tertiary/aromatic N) is 2. The number of anilines is 1. The van der Waals surface area contributed by atoms with Crippen molar-refractivity contribution < 1.29 is 0 Å². The van der Waals surface area contributed by atoms with Crippen LogP contribution in [0.3, 0.4) is 0 Å². The Morgan fingerprint density at radius 2 is 1.88 bits per heavy atom. The van der Waals surface area contributed by atoms with Crippen molar-refractivity contribution in [2.75, 3.05) is 5.32 Å². The van der Waals surface area contributed by atoms with E-state index in [4.69, 9.17) is 17.3 Å². The maximum absolute atomic E-state index is 6.11. The molecule has 1 atom stereocenters. The molecule has 3 rings (SSSR count). The van der Waals surface area contributed by atoms with Gasteiger partial charge in [-0.15, -0.1) is 36.2 Å². The fraction of sp³-hybridized carbons (Fsp3) is 0.294. The van der Waals surface area contributed by atoms with Crippen molar-refractivity contribution in [3.05, 3.63) is 51.6 Å². The summed E-state index contributed by atoms with van der Waals surface area (Å²) < 4.78 is 1.04. The summed E-state index contributed by atoms with van der Waals surface area (Å²) in [5.74, 6) is 0.785. The Labute approximate surface area is 169 Å². The van der Waals surface area contributed by atoms with Crippen LogP contribution in [0.25, 0.3) is 10.2 Å². The highest BCUT2D eigenvalue weighted by molar-refractivity contribution is 7.19. The average Bonchev–Trinajstić information content (AvgIpc) is 2.82. The molecule has 136 valence electrons. The molecule has 0 radical (unpaired) electrons. The van der Waals surface area contributed by atoms with Crippen LogP contribution in [0.5, 0.6) is 0 Å². The lowest BCUT2D eigenvalue weighted by atomic mass is 10.1. The number of hydrogen-bond donors (Lipinski definition) is 2. The van der Waals surface area contributed by atoms with E-state index in [1.54, 1.807) is 11.3 Å². The Balaban J connectivity index is 0.00000156. The zero-order chi connectivity index (χ0) is 16.4. The molecule has 25 heavy (non-hydrogen) atoms. The van der Waals surface area contributed by atoms with Crippen LogP contribution in [-0.4, -0.2) is 16.0 Å². The summed E-state index contributed by atoms with van der Waals surface area (Å²) in [6.07, 6.45) is 0.836. The minimum absolute atomic E-state index is 0. The third kappa shape index (κ3) is 5.19. The van der Waals surface area contributed by atoms with E-state index in [-0.39, 0.29) is 36.1 Å². The lowest BCUT2D eigenvalue weighted by Gasteiger charge is -2.07. The minimum Gasteiger partial charge on any atom is -0.365 e. The van der Waals surface area contributed by atoms with Gasteiger partial charge in [-0.05, 0) is 43.0 Å². The molecule has 3 N–H and O–H groups in total. The van der Waals surface area contributed by atoms with Gasteiger partial charge in [0, 0.05) is 17.5 Å². The first-order valence-electron chi connectivity index (χ1n) is 7.53. The minimum atomic E-state index is 0. The summed E-state index contributed by atoms with van der Waals surface area (Å²) in [5, 5.41) is 3.65. The van der Waals surface area contributed by atoms with Gasteiger partial charge in [-0.1, -0.05) is 30.3 Å². The molecule has 3 aromatic rings. The second kappa shape index (κ2) is 9.55. The van der Waals surface area contributed by atoms with E-state index >= 15 is 0 Å². The standard InChI is InChI=1S/C17H19ClN4S.2ClH/c1-10(19)8-13-11(2)14-15(23-13)16(22-17(18)21-14)20-9-12-6-4-3-5-7-12;;/h3-7,10H,8-9,19H2,1-2H3,(H,20,21,22);2*1H. The molecule has 0 aliphatic carbocycles. The molecule has 0 spiro atoms. The third-order valence-corrected chi connectivity index (χ3v) is 5.13. The van der Waals surface area contributed by atoms with Crippen LogP contribution in [0.15, 0.2) is 30.3 Å². The third-order valence-electron chi connectivity index (χ3n) is 3.65. The summed E-state index contributed by atoms with van der Waals surface area (Å²) in [4.78, 5) is 10.0. The highest BCUT2D eigenvalue weighted by Gasteiger charge is 2.16. The molecular weight excluding hydrogens is 399 g/mol. The van der Waals surface area contributed by atoms with E-state index in [1.165, 1.54) is 10.4 Å². The summed E-state index contributed by atoms with van der Waals surface area (Å²) in [7, 11) is 0. The van der Waals surface area contributed by atoms with Crippen LogP contribution in [-0.2, 0) is 13.0 Å². The Morgan fingerprint density at radius 3 is 2.52 bits per heavy atom. The summed E-state index contributed by atoms with van der Waals surface area (Å²) in [5.41, 5.74) is 9.21. The van der Waals surface area contributed by atoms with Crippen LogP contribution < -0.4 is 11.1 Å². The molecule has 0 amide bonds. The van der Waals surface area contributed by atoms with Crippen LogP contribution in [0.4, 0.5) is 5.82 Å². The zero-order valence-electron chi connectivity index (χ0n) is 14.0. The average molecular weight is 420 g/mol. The van der Waals surface area contributed by atoms with Crippen LogP contribution in [0, 0.1) is 6.92 Å². The Hall–Kier alpha value is -1.11. The van der Waals surface area contributed by atoms with Gasteiger partial charge in [0.15, 0.2) is 0 Å². The van der Waals surface area contributed by atoms with Gasteiger partial charge in [0.25, 0.3) is 0 Å².